The van der Waals surface area contributed by atoms with E-state index >= 15 is 0 Å². The van der Waals surface area contributed by atoms with Gasteiger partial charge in [-0.1, -0.05) is 0 Å². The fourth-order valence-corrected chi connectivity index (χ4v) is 13.1. The molecule has 4 aromatic rings. The fraction of sp³-hybridized carbons (Fsp3) is 0.143. The predicted molar refractivity (Wildman–Crippen MR) is 136 cm³/mol. The van der Waals surface area contributed by atoms with E-state index in [9.17, 15) is 0 Å². The Morgan fingerprint density at radius 1 is 0.467 bits per heavy atom. The molecule has 30 heavy (non-hydrogen) atoms. The SMILES string of the molecule is c1ccc(P(CCC[CH2][Sb]([c]2ccccc2)[c]2ccccc2)c2ccccc2)cc1. The van der Waals surface area contributed by atoms with E-state index in [1.54, 1.807) is 7.02 Å². The zero-order chi connectivity index (χ0) is 20.4. The van der Waals surface area contributed by atoms with Crippen molar-refractivity contribution in [3.05, 3.63) is 121 Å². The van der Waals surface area contributed by atoms with Crippen LogP contribution in [0.3, 0.4) is 0 Å². The van der Waals surface area contributed by atoms with Gasteiger partial charge in [-0.3, -0.25) is 0 Å². The second-order valence-electron chi connectivity index (χ2n) is 7.35. The van der Waals surface area contributed by atoms with Gasteiger partial charge in [-0.15, -0.1) is 0 Å². The summed E-state index contributed by atoms with van der Waals surface area (Å²) in [6.45, 7) is 0. The van der Waals surface area contributed by atoms with Crippen molar-refractivity contribution in [2.24, 2.45) is 0 Å². The van der Waals surface area contributed by atoms with E-state index in [0.717, 1.165) is 0 Å². The van der Waals surface area contributed by atoms with Crippen molar-refractivity contribution in [3.8, 4) is 0 Å². The Morgan fingerprint density at radius 3 is 1.30 bits per heavy atom. The molecule has 4 aromatic carbocycles. The van der Waals surface area contributed by atoms with Gasteiger partial charge >= 0.3 is 190 Å². The summed E-state index contributed by atoms with van der Waals surface area (Å²) in [6.07, 6.45) is 3.90. The van der Waals surface area contributed by atoms with Crippen LogP contribution in [0.4, 0.5) is 0 Å². The normalized spacial score (nSPS) is 11.1. The van der Waals surface area contributed by atoms with Gasteiger partial charge in [-0.2, -0.15) is 0 Å². The molecule has 150 valence electrons. The van der Waals surface area contributed by atoms with Crippen LogP contribution in [-0.4, -0.2) is 26.4 Å². The minimum atomic E-state index is -1.68. The summed E-state index contributed by atoms with van der Waals surface area (Å²) in [7, 11) is -0.270. The van der Waals surface area contributed by atoms with Crippen LogP contribution in [0.2, 0.25) is 4.37 Å². The van der Waals surface area contributed by atoms with Crippen LogP contribution in [0.15, 0.2) is 121 Å². The summed E-state index contributed by atoms with van der Waals surface area (Å²) < 4.78 is 4.60. The van der Waals surface area contributed by atoms with Crippen molar-refractivity contribution in [2.45, 2.75) is 17.2 Å². The number of hydrogen-bond donors (Lipinski definition) is 0. The molecule has 0 heterocycles. The number of unbranched alkanes of at least 4 members (excludes halogenated alkanes) is 1. The third-order valence-corrected chi connectivity index (χ3v) is 15.3. The fourth-order valence-electron chi connectivity index (χ4n) is 3.79. The molecule has 0 fully saturated rings. The van der Waals surface area contributed by atoms with E-state index < -0.39 is 20.2 Å². The summed E-state index contributed by atoms with van der Waals surface area (Å²) in [6, 6.07) is 44.8. The first-order valence-electron chi connectivity index (χ1n) is 10.7. The monoisotopic (exact) mass is 516 g/mol. The summed E-state index contributed by atoms with van der Waals surface area (Å²) in [5.41, 5.74) is 0. The number of benzene rings is 4. The second-order valence-corrected chi connectivity index (χ2v) is 16.4. The Bertz CT molecular complexity index is 824. The molecule has 0 N–H and O–H groups in total. The van der Waals surface area contributed by atoms with Gasteiger partial charge in [0.05, 0.1) is 0 Å². The molecule has 0 unspecified atom stereocenters. The molecule has 0 aromatic heterocycles. The van der Waals surface area contributed by atoms with E-state index in [4.69, 9.17) is 0 Å². The van der Waals surface area contributed by atoms with Crippen LogP contribution in [-0.2, 0) is 0 Å². The first kappa shape index (κ1) is 21.4. The number of rotatable bonds is 9. The van der Waals surface area contributed by atoms with Crippen LogP contribution < -0.4 is 17.6 Å². The van der Waals surface area contributed by atoms with Crippen molar-refractivity contribution in [1.29, 1.82) is 0 Å². The Hall–Kier alpha value is -1.87. The molecule has 0 aliphatic carbocycles. The van der Waals surface area contributed by atoms with E-state index in [0.29, 0.717) is 0 Å². The van der Waals surface area contributed by atoms with Crippen LogP contribution in [0.1, 0.15) is 12.8 Å². The topological polar surface area (TPSA) is 0 Å². The van der Waals surface area contributed by atoms with Crippen LogP contribution in [0.5, 0.6) is 0 Å². The Labute approximate surface area is 189 Å². The molecular weight excluding hydrogens is 489 g/mol. The maximum atomic E-state index is 2.36. The van der Waals surface area contributed by atoms with Crippen LogP contribution in [0.25, 0.3) is 0 Å². The third-order valence-electron chi connectivity index (χ3n) is 5.28. The average molecular weight is 517 g/mol. The van der Waals surface area contributed by atoms with Crippen LogP contribution in [0, 0.1) is 0 Å². The molecule has 0 amide bonds. The molecular formula is C28H28PSb. The predicted octanol–water partition coefficient (Wildman–Crippen LogP) is 5.21. The van der Waals surface area contributed by atoms with Crippen molar-refractivity contribution in [2.75, 3.05) is 6.16 Å². The standard InChI is InChI=1S/C16H18P.2C6H5.Sb/c1-2-3-14-17(15-10-6-4-7-11-15)16-12-8-5-9-13-16;2*1-2-4-6-5-3-1;/h4-13H,1-3,14H2;2*1-5H;. The Balaban J connectivity index is 1.45. The summed E-state index contributed by atoms with van der Waals surface area (Å²) in [4.78, 5) is 0. The van der Waals surface area contributed by atoms with Gasteiger partial charge in [0.1, 0.15) is 0 Å². The molecule has 0 aliphatic heterocycles. The molecule has 0 aliphatic rings. The number of hydrogen-bond acceptors (Lipinski definition) is 0. The van der Waals surface area contributed by atoms with E-state index in [2.05, 4.69) is 121 Å². The molecule has 0 bridgehead atoms. The maximum absolute atomic E-state index is 2.36. The summed E-state index contributed by atoms with van der Waals surface area (Å²) in [5.74, 6) is 0. The summed E-state index contributed by atoms with van der Waals surface area (Å²) >= 11 is -1.68. The molecule has 0 radical (unpaired) electrons. The Kier molecular flexibility index (Phi) is 8.19. The van der Waals surface area contributed by atoms with E-state index in [1.165, 1.54) is 34.0 Å². The van der Waals surface area contributed by atoms with Gasteiger partial charge in [0.15, 0.2) is 0 Å². The van der Waals surface area contributed by atoms with Gasteiger partial charge in [-0.05, 0) is 0 Å². The van der Waals surface area contributed by atoms with Gasteiger partial charge in [0, 0.05) is 0 Å². The summed E-state index contributed by atoms with van der Waals surface area (Å²) in [5, 5.41) is 3.00. The van der Waals surface area contributed by atoms with Crippen molar-refractivity contribution >= 4 is 45.8 Å². The molecule has 0 saturated heterocycles. The average Bonchev–Trinajstić information content (AvgIpc) is 2.84. The van der Waals surface area contributed by atoms with Crippen LogP contribution >= 0.6 is 7.92 Å². The van der Waals surface area contributed by atoms with Gasteiger partial charge < -0.3 is 0 Å². The second kappa shape index (κ2) is 11.5. The molecule has 4 rings (SSSR count). The van der Waals surface area contributed by atoms with Gasteiger partial charge in [-0.25, -0.2) is 0 Å². The molecule has 0 saturated carbocycles. The van der Waals surface area contributed by atoms with E-state index in [-0.39, 0.29) is 7.92 Å². The van der Waals surface area contributed by atoms with Crippen molar-refractivity contribution < 1.29 is 0 Å². The van der Waals surface area contributed by atoms with Crippen molar-refractivity contribution in [3.63, 3.8) is 0 Å². The van der Waals surface area contributed by atoms with E-state index in [1.807, 2.05) is 0 Å². The van der Waals surface area contributed by atoms with Crippen molar-refractivity contribution in [1.82, 2.24) is 0 Å². The zero-order valence-electron chi connectivity index (χ0n) is 17.3. The minimum absolute atomic E-state index is 0.270. The quantitative estimate of drug-likeness (QED) is 0.163. The van der Waals surface area contributed by atoms with Gasteiger partial charge in [0.2, 0.25) is 0 Å². The van der Waals surface area contributed by atoms with Gasteiger partial charge in [0.25, 0.3) is 0 Å². The Morgan fingerprint density at radius 2 is 0.867 bits per heavy atom. The molecule has 2 heteroatoms. The first-order valence-corrected chi connectivity index (χ1v) is 16.6. The zero-order valence-corrected chi connectivity index (χ0v) is 20.7. The first-order chi connectivity index (χ1) is 14.9. The molecule has 0 atom stereocenters. The molecule has 0 nitrogen and oxygen atoms in total. The molecule has 0 spiro atoms. The third kappa shape index (κ3) is 5.84.